The number of furan rings is 1. The molecule has 0 saturated heterocycles. The van der Waals surface area contributed by atoms with E-state index in [1.165, 1.54) is 70.2 Å². The summed E-state index contributed by atoms with van der Waals surface area (Å²) in [6, 6.07) is 17.6. The smallest absolute Gasteiger partial charge is 0.126 e. The van der Waals surface area contributed by atoms with Gasteiger partial charge in [-0.1, -0.05) is 25.0 Å². The number of hydrogen-bond donors (Lipinski definition) is 2. The van der Waals surface area contributed by atoms with E-state index in [0.717, 1.165) is 17.3 Å². The second-order valence-electron chi connectivity index (χ2n) is 9.82. The zero-order valence-corrected chi connectivity index (χ0v) is 21.2. The van der Waals surface area contributed by atoms with Gasteiger partial charge in [0.2, 0.25) is 0 Å². The van der Waals surface area contributed by atoms with E-state index >= 15 is 0 Å². The van der Waals surface area contributed by atoms with Crippen molar-refractivity contribution in [1.82, 2.24) is 4.98 Å². The van der Waals surface area contributed by atoms with Crippen LogP contribution in [-0.4, -0.2) is 11.0 Å². The third-order valence-electron chi connectivity index (χ3n) is 7.60. The van der Waals surface area contributed by atoms with Gasteiger partial charge >= 0.3 is 0 Å². The quantitative estimate of drug-likeness (QED) is 0.289. The van der Waals surface area contributed by atoms with Crippen LogP contribution in [0.2, 0.25) is 0 Å². The highest BCUT2D eigenvalue weighted by Crippen LogP contribution is 2.39. The molecule has 0 unspecified atom stereocenters. The Hall–Kier alpha value is -3.53. The van der Waals surface area contributed by atoms with Crippen LogP contribution in [0.1, 0.15) is 53.7 Å². The molecular weight excluding hydrogens is 430 g/mol. The molecule has 2 heterocycles. The SMILES string of the molecule is Cc1c(C)c(-c2ccc(NC3CCCC3)nc2)c(C)c(C)c1-c1ccc(NCc2ccco2)cc1. The number of nitrogens with one attached hydrogen (secondary N) is 2. The predicted molar refractivity (Wildman–Crippen MR) is 146 cm³/mol. The minimum absolute atomic E-state index is 0.576. The van der Waals surface area contributed by atoms with Crippen molar-refractivity contribution in [2.75, 3.05) is 10.6 Å². The Balaban J connectivity index is 1.40. The number of anilines is 2. The lowest BCUT2D eigenvalue weighted by atomic mass is 9.84. The van der Waals surface area contributed by atoms with E-state index in [2.05, 4.69) is 74.7 Å². The summed E-state index contributed by atoms with van der Waals surface area (Å²) < 4.78 is 5.42. The van der Waals surface area contributed by atoms with Crippen molar-refractivity contribution >= 4 is 11.5 Å². The predicted octanol–water partition coefficient (Wildman–Crippen LogP) is 8.21. The average Bonchev–Trinajstić information content (AvgIpc) is 3.58. The Morgan fingerprint density at radius 3 is 2.00 bits per heavy atom. The molecule has 1 aliphatic rings. The summed E-state index contributed by atoms with van der Waals surface area (Å²) in [5.74, 6) is 1.92. The summed E-state index contributed by atoms with van der Waals surface area (Å²) in [5, 5.41) is 7.03. The number of benzene rings is 2. The van der Waals surface area contributed by atoms with E-state index < -0.39 is 0 Å². The molecule has 1 fully saturated rings. The Morgan fingerprint density at radius 1 is 0.800 bits per heavy atom. The lowest BCUT2D eigenvalue weighted by Gasteiger charge is -2.21. The van der Waals surface area contributed by atoms with Gasteiger partial charge in [-0.15, -0.1) is 0 Å². The number of nitrogens with zero attached hydrogens (tertiary/aromatic N) is 1. The van der Waals surface area contributed by atoms with Gasteiger partial charge in [-0.25, -0.2) is 4.98 Å². The minimum Gasteiger partial charge on any atom is -0.467 e. The molecule has 2 aromatic carbocycles. The van der Waals surface area contributed by atoms with Gasteiger partial charge in [-0.3, -0.25) is 0 Å². The fourth-order valence-electron chi connectivity index (χ4n) is 5.44. The van der Waals surface area contributed by atoms with Crippen molar-refractivity contribution < 1.29 is 4.42 Å². The van der Waals surface area contributed by atoms with Crippen LogP contribution >= 0.6 is 0 Å². The van der Waals surface area contributed by atoms with Crippen LogP contribution in [0.4, 0.5) is 11.5 Å². The maximum absolute atomic E-state index is 5.42. The van der Waals surface area contributed by atoms with Crippen LogP contribution in [0.3, 0.4) is 0 Å². The zero-order valence-electron chi connectivity index (χ0n) is 21.2. The molecule has 4 heteroatoms. The summed E-state index contributed by atoms with van der Waals surface area (Å²) >= 11 is 0. The van der Waals surface area contributed by atoms with Gasteiger partial charge in [0.1, 0.15) is 11.6 Å². The molecule has 4 nitrogen and oxygen atoms in total. The Labute approximate surface area is 208 Å². The zero-order chi connectivity index (χ0) is 24.4. The molecule has 0 atom stereocenters. The number of pyridine rings is 1. The van der Waals surface area contributed by atoms with Gasteiger partial charge in [-0.05, 0) is 116 Å². The summed E-state index contributed by atoms with van der Waals surface area (Å²) in [7, 11) is 0. The highest BCUT2D eigenvalue weighted by atomic mass is 16.3. The van der Waals surface area contributed by atoms with Crippen molar-refractivity contribution in [3.05, 3.63) is 89.0 Å². The molecule has 180 valence electrons. The van der Waals surface area contributed by atoms with Gasteiger partial charge in [0.15, 0.2) is 0 Å². The lowest BCUT2D eigenvalue weighted by Crippen LogP contribution is -2.15. The summed E-state index contributed by atoms with van der Waals surface area (Å²) in [6.07, 6.45) is 8.89. The third kappa shape index (κ3) is 4.84. The fourth-order valence-corrected chi connectivity index (χ4v) is 5.44. The Morgan fingerprint density at radius 2 is 1.43 bits per heavy atom. The van der Waals surface area contributed by atoms with E-state index in [0.29, 0.717) is 12.6 Å². The number of rotatable bonds is 7. The molecule has 35 heavy (non-hydrogen) atoms. The molecule has 0 radical (unpaired) electrons. The standard InChI is InChI=1S/C31H35N3O/c1-20-22(3)31(25-13-16-29(33-18-25)34-27-8-5-6-9-27)23(4)21(2)30(20)24-11-14-26(15-12-24)32-19-28-10-7-17-35-28/h7,10-18,27,32H,5-6,8-9,19H2,1-4H3,(H,33,34). The molecule has 2 N–H and O–H groups in total. The van der Waals surface area contributed by atoms with Crippen molar-refractivity contribution in [2.45, 2.75) is 66.0 Å². The van der Waals surface area contributed by atoms with Gasteiger partial charge in [0.05, 0.1) is 12.8 Å². The second-order valence-corrected chi connectivity index (χ2v) is 9.82. The minimum atomic E-state index is 0.576. The second kappa shape index (κ2) is 9.99. The van der Waals surface area contributed by atoms with Crippen molar-refractivity contribution in [2.24, 2.45) is 0 Å². The van der Waals surface area contributed by atoms with Gasteiger partial charge < -0.3 is 15.1 Å². The molecule has 1 saturated carbocycles. The highest BCUT2D eigenvalue weighted by molar-refractivity contribution is 5.83. The molecule has 0 amide bonds. The largest absolute Gasteiger partial charge is 0.467 e. The maximum Gasteiger partial charge on any atom is 0.126 e. The van der Waals surface area contributed by atoms with E-state index in [1.807, 2.05) is 18.3 Å². The van der Waals surface area contributed by atoms with Crippen molar-refractivity contribution in [3.8, 4) is 22.3 Å². The molecule has 5 rings (SSSR count). The first kappa shape index (κ1) is 23.2. The third-order valence-corrected chi connectivity index (χ3v) is 7.60. The number of hydrogen-bond acceptors (Lipinski definition) is 4. The van der Waals surface area contributed by atoms with E-state index in [9.17, 15) is 0 Å². The lowest BCUT2D eigenvalue weighted by molar-refractivity contribution is 0.518. The first-order valence-electron chi connectivity index (χ1n) is 12.7. The van der Waals surface area contributed by atoms with Crippen LogP contribution in [0, 0.1) is 27.7 Å². The van der Waals surface area contributed by atoms with Crippen LogP contribution in [-0.2, 0) is 6.54 Å². The van der Waals surface area contributed by atoms with E-state index in [1.54, 1.807) is 6.26 Å². The monoisotopic (exact) mass is 465 g/mol. The van der Waals surface area contributed by atoms with Crippen LogP contribution in [0.25, 0.3) is 22.3 Å². The van der Waals surface area contributed by atoms with Crippen molar-refractivity contribution in [1.29, 1.82) is 0 Å². The molecular formula is C31H35N3O. The first-order valence-corrected chi connectivity index (χ1v) is 12.7. The summed E-state index contributed by atoms with van der Waals surface area (Å²) in [5.41, 5.74) is 11.4. The van der Waals surface area contributed by atoms with E-state index in [-0.39, 0.29) is 0 Å². The van der Waals surface area contributed by atoms with Crippen LogP contribution < -0.4 is 10.6 Å². The molecule has 0 spiro atoms. The molecule has 0 bridgehead atoms. The van der Waals surface area contributed by atoms with Gasteiger partial charge in [-0.2, -0.15) is 0 Å². The summed E-state index contributed by atoms with van der Waals surface area (Å²) in [4.78, 5) is 4.76. The normalized spacial score (nSPS) is 13.8. The molecule has 4 aromatic rings. The Kier molecular flexibility index (Phi) is 6.63. The molecule has 0 aliphatic heterocycles. The summed E-state index contributed by atoms with van der Waals surface area (Å²) in [6.45, 7) is 9.65. The van der Waals surface area contributed by atoms with E-state index in [4.69, 9.17) is 9.40 Å². The van der Waals surface area contributed by atoms with Crippen LogP contribution in [0.5, 0.6) is 0 Å². The molecule has 1 aliphatic carbocycles. The molecule has 2 aromatic heterocycles. The highest BCUT2D eigenvalue weighted by Gasteiger charge is 2.18. The fraction of sp³-hybridized carbons (Fsp3) is 0.323. The van der Waals surface area contributed by atoms with Gasteiger partial charge in [0.25, 0.3) is 0 Å². The van der Waals surface area contributed by atoms with Crippen molar-refractivity contribution in [3.63, 3.8) is 0 Å². The van der Waals surface area contributed by atoms with Crippen LogP contribution in [0.15, 0.2) is 65.4 Å². The number of aromatic nitrogens is 1. The average molecular weight is 466 g/mol. The Bertz CT molecular complexity index is 1250. The van der Waals surface area contributed by atoms with Gasteiger partial charge in [0, 0.05) is 23.5 Å². The maximum atomic E-state index is 5.42. The first-order chi connectivity index (χ1) is 17.0. The topological polar surface area (TPSA) is 50.1 Å².